The molecule has 5 heteroatoms. The van der Waals surface area contributed by atoms with Gasteiger partial charge in [-0.2, -0.15) is 0 Å². The lowest BCUT2D eigenvalue weighted by atomic mass is 9.78. The van der Waals surface area contributed by atoms with E-state index in [4.69, 9.17) is 4.74 Å². The van der Waals surface area contributed by atoms with E-state index < -0.39 is 0 Å². The Bertz CT molecular complexity index is 524. The first-order valence-electron chi connectivity index (χ1n) is 8.36. The lowest BCUT2D eigenvalue weighted by Gasteiger charge is -2.32. The van der Waals surface area contributed by atoms with Crippen molar-refractivity contribution in [2.45, 2.75) is 44.1 Å². The van der Waals surface area contributed by atoms with Crippen LogP contribution >= 0.6 is 12.4 Å². The fraction of sp³-hybridized carbons (Fsp3) is 0.611. The Morgan fingerprint density at radius 3 is 2.83 bits per heavy atom. The Kier molecular flexibility index (Phi) is 6.45. The Balaban J connectivity index is 0.00000192. The average molecular weight is 339 g/mol. The van der Waals surface area contributed by atoms with Crippen molar-refractivity contribution in [3.05, 3.63) is 35.4 Å². The summed E-state index contributed by atoms with van der Waals surface area (Å²) in [6.45, 7) is 4.78. The van der Waals surface area contributed by atoms with E-state index in [-0.39, 0.29) is 29.8 Å². The average Bonchev–Trinajstić information content (AvgIpc) is 3.04. The van der Waals surface area contributed by atoms with Crippen molar-refractivity contribution in [1.82, 2.24) is 10.6 Å². The highest BCUT2D eigenvalue weighted by atomic mass is 35.5. The number of nitrogens with one attached hydrogen (secondary N) is 2. The van der Waals surface area contributed by atoms with Crippen LogP contribution in [-0.2, 0) is 14.9 Å². The molecular formula is C18H27ClN2O2. The summed E-state index contributed by atoms with van der Waals surface area (Å²) in [7, 11) is 0. The number of aryl methyl sites for hydroxylation is 1. The predicted octanol–water partition coefficient (Wildman–Crippen LogP) is 2.33. The zero-order valence-corrected chi connectivity index (χ0v) is 14.6. The predicted molar refractivity (Wildman–Crippen MR) is 94.2 cm³/mol. The second kappa shape index (κ2) is 8.13. The van der Waals surface area contributed by atoms with Crippen LogP contribution < -0.4 is 10.6 Å². The van der Waals surface area contributed by atoms with Gasteiger partial charge in [0, 0.05) is 18.5 Å². The Morgan fingerprint density at radius 2 is 2.17 bits per heavy atom. The van der Waals surface area contributed by atoms with Gasteiger partial charge in [-0.15, -0.1) is 12.4 Å². The van der Waals surface area contributed by atoms with E-state index in [0.717, 1.165) is 25.9 Å². The highest BCUT2D eigenvalue weighted by Gasteiger charge is 2.36. The number of rotatable bonds is 4. The molecule has 1 aromatic carbocycles. The third kappa shape index (κ3) is 4.25. The summed E-state index contributed by atoms with van der Waals surface area (Å²) >= 11 is 0. The summed E-state index contributed by atoms with van der Waals surface area (Å²) in [5.41, 5.74) is 2.77. The summed E-state index contributed by atoms with van der Waals surface area (Å²) in [5.74, 6) is 0.0682. The second-order valence-electron chi connectivity index (χ2n) is 6.66. The zero-order chi connectivity index (χ0) is 15.4. The lowest BCUT2D eigenvalue weighted by Crippen LogP contribution is -2.53. The van der Waals surface area contributed by atoms with Crippen molar-refractivity contribution in [2.24, 2.45) is 0 Å². The highest BCUT2D eigenvalue weighted by molar-refractivity contribution is 5.85. The molecule has 0 spiro atoms. The molecule has 23 heavy (non-hydrogen) atoms. The molecule has 128 valence electrons. The van der Waals surface area contributed by atoms with E-state index in [1.807, 2.05) is 0 Å². The molecule has 0 bridgehead atoms. The minimum Gasteiger partial charge on any atom is -0.378 e. The number of morpholine rings is 1. The molecule has 1 heterocycles. The van der Waals surface area contributed by atoms with Crippen LogP contribution in [0.1, 0.15) is 36.8 Å². The van der Waals surface area contributed by atoms with Gasteiger partial charge < -0.3 is 15.4 Å². The largest absolute Gasteiger partial charge is 0.378 e. The van der Waals surface area contributed by atoms with Gasteiger partial charge in [0.25, 0.3) is 0 Å². The van der Waals surface area contributed by atoms with Crippen molar-refractivity contribution in [3.63, 3.8) is 0 Å². The summed E-state index contributed by atoms with van der Waals surface area (Å²) in [5, 5.41) is 6.39. The second-order valence-corrected chi connectivity index (χ2v) is 6.66. The van der Waals surface area contributed by atoms with Gasteiger partial charge in [-0.3, -0.25) is 4.79 Å². The van der Waals surface area contributed by atoms with Crippen LogP contribution in [0.2, 0.25) is 0 Å². The minimum atomic E-state index is -0.204. The third-order valence-electron chi connectivity index (χ3n) is 5.03. The van der Waals surface area contributed by atoms with Crippen molar-refractivity contribution in [3.8, 4) is 0 Å². The van der Waals surface area contributed by atoms with Crippen LogP contribution in [0.15, 0.2) is 24.3 Å². The molecule has 1 unspecified atom stereocenters. The van der Waals surface area contributed by atoms with E-state index in [1.165, 1.54) is 24.0 Å². The molecule has 0 radical (unpaired) electrons. The normalized spacial score (nSPS) is 23.1. The van der Waals surface area contributed by atoms with Gasteiger partial charge in [0.1, 0.15) is 6.04 Å². The molecule has 1 atom stereocenters. The maximum absolute atomic E-state index is 12.3. The smallest absolute Gasteiger partial charge is 0.239 e. The van der Waals surface area contributed by atoms with Crippen LogP contribution in [0.4, 0.5) is 0 Å². The van der Waals surface area contributed by atoms with Gasteiger partial charge in [-0.25, -0.2) is 0 Å². The van der Waals surface area contributed by atoms with E-state index in [9.17, 15) is 4.79 Å². The number of halogens is 1. The van der Waals surface area contributed by atoms with Crippen LogP contribution in [0.5, 0.6) is 0 Å². The molecule has 1 amide bonds. The van der Waals surface area contributed by atoms with Gasteiger partial charge in [0.15, 0.2) is 0 Å². The highest BCUT2D eigenvalue weighted by Crippen LogP contribution is 2.40. The standard InChI is InChI=1S/C18H26N2O2.ClH/c1-14-5-4-6-15(11-14)18(7-2-3-8-18)13-20-17(21)16-12-22-10-9-19-16;/h4-6,11,16,19H,2-3,7-10,12-13H2,1H3,(H,20,21);1H. The molecular weight excluding hydrogens is 312 g/mol. The lowest BCUT2D eigenvalue weighted by molar-refractivity contribution is -0.126. The number of carbonyl (C=O) groups is 1. The molecule has 0 aromatic heterocycles. The Labute approximate surface area is 144 Å². The van der Waals surface area contributed by atoms with E-state index in [2.05, 4.69) is 41.8 Å². The van der Waals surface area contributed by atoms with Crippen molar-refractivity contribution >= 4 is 18.3 Å². The van der Waals surface area contributed by atoms with Crippen molar-refractivity contribution in [1.29, 1.82) is 0 Å². The molecule has 1 aliphatic carbocycles. The van der Waals surface area contributed by atoms with Gasteiger partial charge in [-0.1, -0.05) is 42.7 Å². The molecule has 1 aliphatic heterocycles. The first-order chi connectivity index (χ1) is 10.7. The molecule has 1 saturated carbocycles. The van der Waals surface area contributed by atoms with Crippen molar-refractivity contribution < 1.29 is 9.53 Å². The van der Waals surface area contributed by atoms with Gasteiger partial charge >= 0.3 is 0 Å². The maximum Gasteiger partial charge on any atom is 0.239 e. The first kappa shape index (κ1) is 18.2. The summed E-state index contributed by atoms with van der Waals surface area (Å²) < 4.78 is 5.38. The van der Waals surface area contributed by atoms with Crippen LogP contribution in [0.25, 0.3) is 0 Å². The summed E-state index contributed by atoms with van der Waals surface area (Å²) in [6, 6.07) is 8.55. The number of amides is 1. The van der Waals surface area contributed by atoms with E-state index in [0.29, 0.717) is 13.2 Å². The minimum absolute atomic E-state index is 0. The van der Waals surface area contributed by atoms with Crippen LogP contribution in [0, 0.1) is 6.92 Å². The monoisotopic (exact) mass is 338 g/mol. The van der Waals surface area contributed by atoms with Gasteiger partial charge in [-0.05, 0) is 25.3 Å². The SMILES string of the molecule is Cc1cccc(C2(CNC(=O)C3COCCN3)CCCC2)c1.Cl. The number of ether oxygens (including phenoxy) is 1. The quantitative estimate of drug-likeness (QED) is 0.886. The van der Waals surface area contributed by atoms with Gasteiger partial charge in [0.2, 0.25) is 5.91 Å². The third-order valence-corrected chi connectivity index (χ3v) is 5.03. The Morgan fingerprint density at radius 1 is 1.39 bits per heavy atom. The van der Waals surface area contributed by atoms with Crippen LogP contribution in [0.3, 0.4) is 0 Å². The zero-order valence-electron chi connectivity index (χ0n) is 13.8. The molecule has 4 nitrogen and oxygen atoms in total. The van der Waals surface area contributed by atoms with Crippen LogP contribution in [-0.4, -0.2) is 38.3 Å². The molecule has 2 N–H and O–H groups in total. The summed E-state index contributed by atoms with van der Waals surface area (Å²) in [4.78, 5) is 12.3. The van der Waals surface area contributed by atoms with E-state index >= 15 is 0 Å². The summed E-state index contributed by atoms with van der Waals surface area (Å²) in [6.07, 6.45) is 4.81. The first-order valence-corrected chi connectivity index (χ1v) is 8.36. The molecule has 2 fully saturated rings. The van der Waals surface area contributed by atoms with Crippen molar-refractivity contribution in [2.75, 3.05) is 26.3 Å². The van der Waals surface area contributed by atoms with E-state index in [1.54, 1.807) is 0 Å². The molecule has 1 saturated heterocycles. The molecule has 2 aliphatic rings. The van der Waals surface area contributed by atoms with Gasteiger partial charge in [0.05, 0.1) is 13.2 Å². The Hall–Kier alpha value is -1.10. The molecule has 3 rings (SSSR count). The number of hydrogen-bond acceptors (Lipinski definition) is 3. The number of carbonyl (C=O) groups excluding carboxylic acids is 1. The fourth-order valence-corrected chi connectivity index (χ4v) is 3.71. The number of hydrogen-bond donors (Lipinski definition) is 2. The topological polar surface area (TPSA) is 50.4 Å². The maximum atomic E-state index is 12.3. The molecule has 1 aromatic rings. The number of benzene rings is 1. The fourth-order valence-electron chi connectivity index (χ4n) is 3.71.